The summed E-state index contributed by atoms with van der Waals surface area (Å²) < 4.78 is 25.5. The van der Waals surface area contributed by atoms with E-state index in [4.69, 9.17) is 10.2 Å². The van der Waals surface area contributed by atoms with Crippen LogP contribution in [0.4, 0.5) is 5.69 Å². The van der Waals surface area contributed by atoms with Crippen LogP contribution in [0.1, 0.15) is 12.0 Å². The number of non-ortho nitro benzene ring substituents is 1. The van der Waals surface area contributed by atoms with Crippen LogP contribution in [0, 0.1) is 10.1 Å². The highest BCUT2D eigenvalue weighted by Crippen LogP contribution is 2.13. The number of rotatable bonds is 8. The summed E-state index contributed by atoms with van der Waals surface area (Å²) in [5.41, 5.74) is 0.209. The lowest BCUT2D eigenvalue weighted by molar-refractivity contribution is -0.384. The molecule has 0 aliphatic carbocycles. The normalized spacial score (nSPS) is 12.8. The Morgan fingerprint density at radius 2 is 1.90 bits per heavy atom. The van der Waals surface area contributed by atoms with Gasteiger partial charge >= 0.3 is 5.97 Å². The monoisotopic (exact) mass is 318 g/mol. The van der Waals surface area contributed by atoms with Crippen molar-refractivity contribution >= 4 is 21.7 Å². The Morgan fingerprint density at radius 3 is 2.38 bits per heavy atom. The van der Waals surface area contributed by atoms with Crippen LogP contribution >= 0.6 is 0 Å². The predicted molar refractivity (Wildman–Crippen MR) is 72.0 cm³/mol. The number of carboxylic acids is 1. The highest BCUT2D eigenvalue weighted by Gasteiger charge is 2.16. The van der Waals surface area contributed by atoms with E-state index in [2.05, 4.69) is 4.72 Å². The molecule has 0 aliphatic heterocycles. The van der Waals surface area contributed by atoms with E-state index in [9.17, 15) is 23.3 Å². The fourth-order valence-electron chi connectivity index (χ4n) is 1.46. The van der Waals surface area contributed by atoms with Gasteiger partial charge in [0, 0.05) is 18.7 Å². The summed E-state index contributed by atoms with van der Waals surface area (Å²) in [5, 5.41) is 27.9. The van der Waals surface area contributed by atoms with Crippen molar-refractivity contribution in [3.63, 3.8) is 0 Å². The molecule has 21 heavy (non-hydrogen) atoms. The standard InChI is InChI=1S/C11H14N2O7S/c14-10(11(15)16)5-6-12-21(19,20)7-8-1-3-9(4-2-8)13(17)18/h1-4,10,12,14H,5-7H2,(H,15,16). The van der Waals surface area contributed by atoms with Crippen LogP contribution in [0.25, 0.3) is 0 Å². The summed E-state index contributed by atoms with van der Waals surface area (Å²) in [4.78, 5) is 20.2. The van der Waals surface area contributed by atoms with Gasteiger partial charge in [-0.25, -0.2) is 17.9 Å². The summed E-state index contributed by atoms with van der Waals surface area (Å²) in [6.07, 6.45) is -1.89. The second kappa shape index (κ2) is 7.11. The van der Waals surface area contributed by atoms with Crippen LogP contribution in [-0.2, 0) is 20.6 Å². The van der Waals surface area contributed by atoms with Gasteiger partial charge in [0.15, 0.2) is 6.10 Å². The molecule has 0 aromatic heterocycles. The Morgan fingerprint density at radius 1 is 1.33 bits per heavy atom. The van der Waals surface area contributed by atoms with Gasteiger partial charge in [-0.15, -0.1) is 0 Å². The van der Waals surface area contributed by atoms with Crippen LogP contribution in [0.5, 0.6) is 0 Å². The van der Waals surface area contributed by atoms with Gasteiger partial charge < -0.3 is 10.2 Å². The molecule has 0 aliphatic rings. The molecule has 0 spiro atoms. The largest absolute Gasteiger partial charge is 0.479 e. The Kier molecular flexibility index (Phi) is 5.76. The van der Waals surface area contributed by atoms with E-state index >= 15 is 0 Å². The number of nitro groups is 1. The van der Waals surface area contributed by atoms with E-state index < -0.39 is 32.8 Å². The molecule has 10 heteroatoms. The second-order valence-corrected chi connectivity index (χ2v) is 6.03. The van der Waals surface area contributed by atoms with Gasteiger partial charge in [0.25, 0.3) is 5.69 Å². The van der Waals surface area contributed by atoms with E-state index in [0.29, 0.717) is 5.56 Å². The molecule has 0 amide bonds. The Hall–Kier alpha value is -2.04. The molecule has 116 valence electrons. The number of nitro benzene ring substituents is 1. The van der Waals surface area contributed by atoms with Crippen molar-refractivity contribution in [1.82, 2.24) is 4.72 Å². The highest BCUT2D eigenvalue weighted by molar-refractivity contribution is 7.88. The van der Waals surface area contributed by atoms with Gasteiger partial charge in [0.2, 0.25) is 10.0 Å². The van der Waals surface area contributed by atoms with E-state index in [1.807, 2.05) is 0 Å². The number of hydrogen-bond acceptors (Lipinski definition) is 6. The maximum atomic E-state index is 11.7. The number of nitrogens with one attached hydrogen (secondary N) is 1. The van der Waals surface area contributed by atoms with E-state index in [-0.39, 0.29) is 18.7 Å². The summed E-state index contributed by atoms with van der Waals surface area (Å²) >= 11 is 0. The summed E-state index contributed by atoms with van der Waals surface area (Å²) in [7, 11) is -3.71. The van der Waals surface area contributed by atoms with Crippen molar-refractivity contribution in [2.45, 2.75) is 18.3 Å². The fraction of sp³-hybridized carbons (Fsp3) is 0.364. The molecule has 3 N–H and O–H groups in total. The SMILES string of the molecule is O=C(O)C(O)CCNS(=O)(=O)Cc1ccc([N+](=O)[O-])cc1. The zero-order valence-corrected chi connectivity index (χ0v) is 11.6. The fourth-order valence-corrected chi connectivity index (χ4v) is 2.62. The van der Waals surface area contributed by atoms with Gasteiger partial charge in [-0.2, -0.15) is 0 Å². The molecule has 1 atom stereocenters. The summed E-state index contributed by atoms with van der Waals surface area (Å²) in [6.45, 7) is -0.219. The number of nitrogens with zero attached hydrogens (tertiary/aromatic N) is 1. The third kappa shape index (κ3) is 5.85. The molecular formula is C11H14N2O7S. The average Bonchev–Trinajstić information content (AvgIpc) is 2.38. The molecule has 1 rings (SSSR count). The van der Waals surface area contributed by atoms with Crippen molar-refractivity contribution in [3.8, 4) is 0 Å². The van der Waals surface area contributed by atoms with Crippen LogP contribution in [0.3, 0.4) is 0 Å². The number of carbonyl (C=O) groups is 1. The number of aliphatic hydroxyl groups excluding tert-OH is 1. The molecule has 0 saturated carbocycles. The zero-order valence-electron chi connectivity index (χ0n) is 10.8. The highest BCUT2D eigenvalue weighted by atomic mass is 32.2. The Balaban J connectivity index is 2.56. The molecule has 9 nitrogen and oxygen atoms in total. The van der Waals surface area contributed by atoms with Crippen LogP contribution in [-0.4, -0.2) is 42.2 Å². The lowest BCUT2D eigenvalue weighted by Gasteiger charge is -2.08. The smallest absolute Gasteiger partial charge is 0.332 e. The van der Waals surface area contributed by atoms with E-state index in [1.165, 1.54) is 24.3 Å². The first kappa shape index (κ1) is 17.0. The minimum atomic E-state index is -3.71. The minimum absolute atomic E-state index is 0.145. The Bertz CT molecular complexity index is 612. The van der Waals surface area contributed by atoms with Gasteiger partial charge in [0.05, 0.1) is 10.7 Å². The quantitative estimate of drug-likeness (QED) is 0.446. The maximum Gasteiger partial charge on any atom is 0.332 e. The number of benzene rings is 1. The van der Waals surface area contributed by atoms with Gasteiger partial charge in [-0.1, -0.05) is 12.1 Å². The number of hydrogen-bond donors (Lipinski definition) is 3. The maximum absolute atomic E-state index is 11.7. The first-order valence-electron chi connectivity index (χ1n) is 5.83. The van der Waals surface area contributed by atoms with E-state index in [0.717, 1.165) is 0 Å². The number of carboxylic acid groups (broad SMARTS) is 1. The van der Waals surface area contributed by atoms with Crippen molar-refractivity contribution < 1.29 is 28.3 Å². The van der Waals surface area contributed by atoms with E-state index in [1.54, 1.807) is 0 Å². The average molecular weight is 318 g/mol. The molecule has 0 heterocycles. The summed E-state index contributed by atoms with van der Waals surface area (Å²) in [6, 6.07) is 5.03. The first-order chi connectivity index (χ1) is 9.71. The molecule has 0 radical (unpaired) electrons. The third-order valence-electron chi connectivity index (χ3n) is 2.53. The lowest BCUT2D eigenvalue weighted by Crippen LogP contribution is -2.30. The number of aliphatic carboxylic acids is 1. The van der Waals surface area contributed by atoms with Crippen molar-refractivity contribution in [2.24, 2.45) is 0 Å². The van der Waals surface area contributed by atoms with Gasteiger partial charge in [-0.3, -0.25) is 10.1 Å². The van der Waals surface area contributed by atoms with Crippen LogP contribution in [0.15, 0.2) is 24.3 Å². The lowest BCUT2D eigenvalue weighted by atomic mass is 10.2. The molecule has 0 bridgehead atoms. The number of sulfonamides is 1. The molecular weight excluding hydrogens is 304 g/mol. The van der Waals surface area contributed by atoms with Crippen molar-refractivity contribution in [1.29, 1.82) is 0 Å². The van der Waals surface area contributed by atoms with Crippen molar-refractivity contribution in [3.05, 3.63) is 39.9 Å². The second-order valence-electron chi connectivity index (χ2n) is 4.22. The molecule has 1 aromatic rings. The topological polar surface area (TPSA) is 147 Å². The molecule has 0 fully saturated rings. The van der Waals surface area contributed by atoms with Gasteiger partial charge in [0.1, 0.15) is 0 Å². The number of aliphatic hydroxyl groups is 1. The van der Waals surface area contributed by atoms with Crippen molar-refractivity contribution in [2.75, 3.05) is 6.54 Å². The molecule has 1 unspecified atom stereocenters. The minimum Gasteiger partial charge on any atom is -0.479 e. The Labute approximate surface area is 120 Å². The summed E-state index contributed by atoms with van der Waals surface area (Å²) in [5.74, 6) is -1.82. The van der Waals surface area contributed by atoms with Crippen LogP contribution in [0.2, 0.25) is 0 Å². The molecule has 1 aromatic carbocycles. The first-order valence-corrected chi connectivity index (χ1v) is 7.48. The van der Waals surface area contributed by atoms with Crippen LogP contribution < -0.4 is 4.72 Å². The third-order valence-corrected chi connectivity index (χ3v) is 3.89. The predicted octanol–water partition coefficient (Wildman–Crippen LogP) is -0.150. The molecule has 0 saturated heterocycles. The van der Waals surface area contributed by atoms with Gasteiger partial charge in [-0.05, 0) is 12.0 Å². The zero-order chi connectivity index (χ0) is 16.0.